The Balaban J connectivity index is 2.82. The number of aliphatic carboxylic acids is 1. The van der Waals surface area contributed by atoms with Gasteiger partial charge in [0.2, 0.25) is 0 Å². The van der Waals surface area contributed by atoms with Gasteiger partial charge in [0.15, 0.2) is 0 Å². The number of carbonyl (C=O) groups is 1. The summed E-state index contributed by atoms with van der Waals surface area (Å²) >= 11 is 0. The number of benzene rings is 1. The van der Waals surface area contributed by atoms with Crippen molar-refractivity contribution < 1.29 is 15.0 Å². The van der Waals surface area contributed by atoms with E-state index in [0.29, 0.717) is 6.54 Å². The van der Waals surface area contributed by atoms with Gasteiger partial charge >= 0.3 is 5.97 Å². The third-order valence-electron chi connectivity index (χ3n) is 2.63. The molecule has 0 fully saturated rings. The molecule has 0 aliphatic heterocycles. The van der Waals surface area contributed by atoms with Gasteiger partial charge in [-0.25, -0.2) is 0 Å². The Hall–Kier alpha value is -1.81. The first-order chi connectivity index (χ1) is 8.04. The largest absolute Gasteiger partial charge is 0.508 e. The summed E-state index contributed by atoms with van der Waals surface area (Å²) in [7, 11) is 0. The fourth-order valence-corrected chi connectivity index (χ4v) is 1.66. The molecule has 0 aliphatic rings. The minimum atomic E-state index is -0.863. The molecule has 1 aromatic carbocycles. The van der Waals surface area contributed by atoms with E-state index in [1.807, 2.05) is 6.92 Å². The first-order valence-corrected chi connectivity index (χ1v) is 5.40. The van der Waals surface area contributed by atoms with Crippen LogP contribution in [0.25, 0.3) is 0 Å². The number of rotatable bonds is 6. The Bertz CT molecular complexity index is 386. The fourth-order valence-electron chi connectivity index (χ4n) is 1.66. The van der Waals surface area contributed by atoms with Gasteiger partial charge in [-0.1, -0.05) is 18.2 Å². The highest BCUT2D eigenvalue weighted by Crippen LogP contribution is 2.21. The Morgan fingerprint density at radius 2 is 2.06 bits per heavy atom. The first kappa shape index (κ1) is 13.3. The molecule has 17 heavy (non-hydrogen) atoms. The summed E-state index contributed by atoms with van der Waals surface area (Å²) in [5.74, 6) is -0.660. The molecule has 0 radical (unpaired) electrons. The minimum Gasteiger partial charge on any atom is -0.508 e. The van der Waals surface area contributed by atoms with Crippen molar-refractivity contribution in [1.82, 2.24) is 4.90 Å². The van der Waals surface area contributed by atoms with Gasteiger partial charge in [0.25, 0.3) is 0 Å². The summed E-state index contributed by atoms with van der Waals surface area (Å²) in [5.41, 5.74) is 0.964. The molecule has 92 valence electrons. The topological polar surface area (TPSA) is 60.8 Å². The van der Waals surface area contributed by atoms with Gasteiger partial charge in [0.05, 0.1) is 6.54 Å². The zero-order valence-electron chi connectivity index (χ0n) is 9.84. The van der Waals surface area contributed by atoms with Gasteiger partial charge < -0.3 is 10.2 Å². The van der Waals surface area contributed by atoms with E-state index < -0.39 is 5.97 Å². The minimum absolute atomic E-state index is 0.0337. The van der Waals surface area contributed by atoms with E-state index in [2.05, 4.69) is 6.58 Å². The molecule has 2 N–H and O–H groups in total. The molecule has 0 aromatic heterocycles. The van der Waals surface area contributed by atoms with E-state index in [4.69, 9.17) is 5.11 Å². The molecule has 1 atom stereocenters. The molecular weight excluding hydrogens is 218 g/mol. The zero-order valence-corrected chi connectivity index (χ0v) is 9.84. The molecule has 1 rings (SSSR count). The number of phenolic OH excluding ortho intramolecular Hbond substituents is 1. The predicted octanol–water partition coefficient (Wildman–Crippen LogP) is 2.03. The van der Waals surface area contributed by atoms with Crippen molar-refractivity contribution in [2.75, 3.05) is 13.1 Å². The number of aromatic hydroxyl groups is 1. The Kier molecular flexibility index (Phi) is 4.72. The normalized spacial score (nSPS) is 12.4. The van der Waals surface area contributed by atoms with E-state index in [1.54, 1.807) is 35.2 Å². The number of carboxylic acid groups (broad SMARTS) is 1. The maximum Gasteiger partial charge on any atom is 0.317 e. The smallest absolute Gasteiger partial charge is 0.317 e. The molecule has 0 saturated carbocycles. The van der Waals surface area contributed by atoms with Crippen molar-refractivity contribution in [1.29, 1.82) is 0 Å². The van der Waals surface area contributed by atoms with Crippen LogP contribution in [0, 0.1) is 0 Å². The lowest BCUT2D eigenvalue weighted by molar-refractivity contribution is -0.138. The zero-order chi connectivity index (χ0) is 12.8. The van der Waals surface area contributed by atoms with Crippen molar-refractivity contribution in [2.24, 2.45) is 0 Å². The summed E-state index contributed by atoms with van der Waals surface area (Å²) < 4.78 is 0. The Morgan fingerprint density at radius 3 is 2.53 bits per heavy atom. The number of hydrogen-bond acceptors (Lipinski definition) is 3. The van der Waals surface area contributed by atoms with Gasteiger partial charge in [-0.2, -0.15) is 0 Å². The van der Waals surface area contributed by atoms with Crippen LogP contribution in [0.3, 0.4) is 0 Å². The summed E-state index contributed by atoms with van der Waals surface area (Å²) in [5, 5.41) is 18.0. The lowest BCUT2D eigenvalue weighted by Gasteiger charge is -2.26. The van der Waals surface area contributed by atoms with Crippen LogP contribution >= 0.6 is 0 Å². The van der Waals surface area contributed by atoms with E-state index in [0.717, 1.165) is 5.56 Å². The van der Waals surface area contributed by atoms with Gasteiger partial charge in [0.1, 0.15) is 5.75 Å². The Labute approximate surface area is 101 Å². The molecule has 1 aromatic rings. The summed E-state index contributed by atoms with van der Waals surface area (Å²) in [6.45, 7) is 6.03. The molecule has 4 heteroatoms. The van der Waals surface area contributed by atoms with E-state index in [1.165, 1.54) is 0 Å². The third-order valence-corrected chi connectivity index (χ3v) is 2.63. The van der Waals surface area contributed by atoms with Crippen LogP contribution in [0.15, 0.2) is 36.9 Å². The monoisotopic (exact) mass is 235 g/mol. The van der Waals surface area contributed by atoms with Crippen LogP contribution in [0.4, 0.5) is 0 Å². The highest BCUT2D eigenvalue weighted by molar-refractivity contribution is 5.69. The maximum atomic E-state index is 10.8. The van der Waals surface area contributed by atoms with Gasteiger partial charge in [0, 0.05) is 12.6 Å². The van der Waals surface area contributed by atoms with Gasteiger partial charge in [-0.05, 0) is 24.6 Å². The molecule has 0 amide bonds. The van der Waals surface area contributed by atoms with Crippen LogP contribution < -0.4 is 0 Å². The van der Waals surface area contributed by atoms with E-state index in [-0.39, 0.29) is 18.3 Å². The van der Waals surface area contributed by atoms with Crippen molar-refractivity contribution in [3.8, 4) is 5.75 Å². The van der Waals surface area contributed by atoms with Crippen LogP contribution in [0.2, 0.25) is 0 Å². The van der Waals surface area contributed by atoms with Crippen molar-refractivity contribution in [3.05, 3.63) is 42.5 Å². The number of nitrogens with zero attached hydrogens (tertiary/aromatic N) is 1. The average Bonchev–Trinajstić information content (AvgIpc) is 2.28. The van der Waals surface area contributed by atoms with Crippen LogP contribution in [-0.2, 0) is 4.79 Å². The first-order valence-electron chi connectivity index (χ1n) is 5.40. The SMILES string of the molecule is C=CCN(CC(=O)O)C(C)c1ccc(O)cc1. The standard InChI is InChI=1S/C13H17NO3/c1-3-8-14(9-13(16)17)10(2)11-4-6-12(15)7-5-11/h3-7,10,15H,1,8-9H2,2H3,(H,16,17). The van der Waals surface area contributed by atoms with Crippen molar-refractivity contribution in [2.45, 2.75) is 13.0 Å². The summed E-state index contributed by atoms with van der Waals surface area (Å²) in [4.78, 5) is 12.6. The summed E-state index contributed by atoms with van der Waals surface area (Å²) in [6, 6.07) is 6.73. The lowest BCUT2D eigenvalue weighted by atomic mass is 10.1. The van der Waals surface area contributed by atoms with Crippen molar-refractivity contribution >= 4 is 5.97 Å². The highest BCUT2D eigenvalue weighted by Gasteiger charge is 2.17. The fraction of sp³-hybridized carbons (Fsp3) is 0.308. The molecule has 0 saturated heterocycles. The lowest BCUT2D eigenvalue weighted by Crippen LogP contribution is -2.32. The molecule has 0 spiro atoms. The number of phenols is 1. The predicted molar refractivity (Wildman–Crippen MR) is 65.9 cm³/mol. The molecule has 0 aliphatic carbocycles. The third kappa shape index (κ3) is 3.92. The highest BCUT2D eigenvalue weighted by atomic mass is 16.4. The second-order valence-electron chi connectivity index (χ2n) is 3.88. The molecule has 0 bridgehead atoms. The second-order valence-corrected chi connectivity index (χ2v) is 3.88. The van der Waals surface area contributed by atoms with Crippen molar-refractivity contribution in [3.63, 3.8) is 0 Å². The average molecular weight is 235 g/mol. The van der Waals surface area contributed by atoms with Crippen LogP contribution in [-0.4, -0.2) is 34.2 Å². The van der Waals surface area contributed by atoms with Crippen LogP contribution in [0.5, 0.6) is 5.75 Å². The molecule has 4 nitrogen and oxygen atoms in total. The van der Waals surface area contributed by atoms with E-state index >= 15 is 0 Å². The van der Waals surface area contributed by atoms with E-state index in [9.17, 15) is 9.90 Å². The summed E-state index contributed by atoms with van der Waals surface area (Å²) in [6.07, 6.45) is 1.68. The molecule has 1 unspecified atom stereocenters. The van der Waals surface area contributed by atoms with Gasteiger partial charge in [-0.15, -0.1) is 6.58 Å². The second kappa shape index (κ2) is 6.06. The Morgan fingerprint density at radius 1 is 1.47 bits per heavy atom. The maximum absolute atomic E-state index is 10.8. The van der Waals surface area contributed by atoms with Gasteiger partial charge in [-0.3, -0.25) is 9.69 Å². The number of carboxylic acids is 1. The molecule has 0 heterocycles. The molecular formula is C13H17NO3. The quantitative estimate of drug-likeness (QED) is 0.741. The van der Waals surface area contributed by atoms with Crippen LogP contribution in [0.1, 0.15) is 18.5 Å². The number of hydrogen-bond donors (Lipinski definition) is 2.